The average molecular weight is 219 g/mol. The van der Waals surface area contributed by atoms with Gasteiger partial charge in [0.15, 0.2) is 0 Å². The van der Waals surface area contributed by atoms with Gasteiger partial charge >= 0.3 is 5.97 Å². The van der Waals surface area contributed by atoms with Crippen LogP contribution in [0.3, 0.4) is 0 Å². The van der Waals surface area contributed by atoms with Crippen molar-refractivity contribution >= 4 is 18.5 Å². The molecule has 0 aliphatic carbocycles. The molecule has 1 amide bonds. The number of ether oxygens (including phenoxy) is 1. The molecule has 0 radical (unpaired) electrons. The molecule has 84 valence electrons. The molecule has 0 heterocycles. The lowest BCUT2D eigenvalue weighted by Gasteiger charge is -2.05. The maximum atomic E-state index is 11.4. The Kier molecular flexibility index (Phi) is 4.79. The molecule has 0 aromatic heterocycles. The van der Waals surface area contributed by atoms with E-state index in [1.807, 2.05) is 30.3 Å². The molecule has 0 saturated carbocycles. The molecular formula is C12H13NO3. The normalized spacial score (nSPS) is 10.7. The maximum Gasteiger partial charge on any atom is 0.354 e. The third-order valence-electron chi connectivity index (χ3n) is 1.82. The summed E-state index contributed by atoms with van der Waals surface area (Å²) in [6.45, 7) is 1.98. The molecular weight excluding hydrogens is 206 g/mol. The zero-order valence-corrected chi connectivity index (χ0v) is 8.97. The highest BCUT2D eigenvalue weighted by atomic mass is 16.5. The standard InChI is InChI=1S/C12H13NO3/c1-2-16-12(15)11(13-9-14)8-10-6-4-3-5-7-10/h3-9H,2H2,1H3,(H,13,14)/b11-8-. The second kappa shape index (κ2) is 6.40. The smallest absolute Gasteiger partial charge is 0.354 e. The highest BCUT2D eigenvalue weighted by Gasteiger charge is 2.09. The molecule has 0 atom stereocenters. The van der Waals surface area contributed by atoms with E-state index >= 15 is 0 Å². The monoisotopic (exact) mass is 219 g/mol. The number of rotatable bonds is 5. The molecule has 0 saturated heterocycles. The predicted octanol–water partition coefficient (Wildman–Crippen LogP) is 1.34. The topological polar surface area (TPSA) is 55.4 Å². The van der Waals surface area contributed by atoms with E-state index in [0.717, 1.165) is 5.56 Å². The summed E-state index contributed by atoms with van der Waals surface area (Å²) in [6.07, 6.45) is 2.01. The van der Waals surface area contributed by atoms with Crippen molar-refractivity contribution in [3.05, 3.63) is 41.6 Å². The van der Waals surface area contributed by atoms with Crippen LogP contribution >= 0.6 is 0 Å². The maximum absolute atomic E-state index is 11.4. The molecule has 0 spiro atoms. The Morgan fingerprint density at radius 2 is 2.06 bits per heavy atom. The van der Waals surface area contributed by atoms with Gasteiger partial charge in [0.05, 0.1) is 6.61 Å². The number of carbonyl (C=O) groups excluding carboxylic acids is 2. The quantitative estimate of drug-likeness (QED) is 0.462. The second-order valence-electron chi connectivity index (χ2n) is 2.95. The second-order valence-corrected chi connectivity index (χ2v) is 2.95. The summed E-state index contributed by atoms with van der Waals surface area (Å²) in [5.74, 6) is -0.543. The van der Waals surface area contributed by atoms with Gasteiger partial charge in [-0.15, -0.1) is 0 Å². The molecule has 4 nitrogen and oxygen atoms in total. The Morgan fingerprint density at radius 1 is 1.38 bits per heavy atom. The molecule has 0 unspecified atom stereocenters. The first kappa shape index (κ1) is 12.0. The van der Waals surface area contributed by atoms with Crippen molar-refractivity contribution in [1.82, 2.24) is 5.32 Å². The van der Waals surface area contributed by atoms with Crippen LogP contribution in [0.4, 0.5) is 0 Å². The number of esters is 1. The van der Waals surface area contributed by atoms with E-state index in [9.17, 15) is 9.59 Å². The Morgan fingerprint density at radius 3 is 2.62 bits per heavy atom. The number of hydrogen-bond acceptors (Lipinski definition) is 3. The van der Waals surface area contributed by atoms with Gasteiger partial charge in [-0.3, -0.25) is 4.79 Å². The van der Waals surface area contributed by atoms with Crippen molar-refractivity contribution in [3.63, 3.8) is 0 Å². The fraction of sp³-hybridized carbons (Fsp3) is 0.167. The highest BCUT2D eigenvalue weighted by molar-refractivity contribution is 5.95. The molecule has 1 N–H and O–H groups in total. The van der Waals surface area contributed by atoms with Crippen LogP contribution in [0.2, 0.25) is 0 Å². The summed E-state index contributed by atoms with van der Waals surface area (Å²) >= 11 is 0. The zero-order valence-electron chi connectivity index (χ0n) is 8.97. The Balaban J connectivity index is 2.88. The van der Waals surface area contributed by atoms with Crippen LogP contribution in [-0.4, -0.2) is 19.0 Å². The molecule has 0 fully saturated rings. The number of nitrogens with one attached hydrogen (secondary N) is 1. The SMILES string of the molecule is CCOC(=O)/C(=C/c1ccccc1)NC=O. The minimum Gasteiger partial charge on any atom is -0.461 e. The zero-order chi connectivity index (χ0) is 11.8. The molecule has 0 aliphatic rings. The Labute approximate surface area is 93.9 Å². The van der Waals surface area contributed by atoms with Gasteiger partial charge < -0.3 is 10.1 Å². The first-order chi connectivity index (χ1) is 7.77. The van der Waals surface area contributed by atoms with Crippen LogP contribution < -0.4 is 5.32 Å². The first-order valence-corrected chi connectivity index (χ1v) is 4.92. The lowest BCUT2D eigenvalue weighted by Crippen LogP contribution is -2.20. The Bertz CT molecular complexity index is 385. The van der Waals surface area contributed by atoms with Gasteiger partial charge in [-0.1, -0.05) is 30.3 Å². The van der Waals surface area contributed by atoms with E-state index in [2.05, 4.69) is 5.32 Å². The number of hydrogen-bond donors (Lipinski definition) is 1. The molecule has 1 rings (SSSR count). The number of carbonyl (C=O) groups is 2. The van der Waals surface area contributed by atoms with Crippen molar-refractivity contribution in [2.45, 2.75) is 6.92 Å². The number of amides is 1. The summed E-state index contributed by atoms with van der Waals surface area (Å²) in [5.41, 5.74) is 0.947. The van der Waals surface area contributed by atoms with E-state index in [1.54, 1.807) is 13.0 Å². The van der Waals surface area contributed by atoms with Crippen molar-refractivity contribution in [2.24, 2.45) is 0 Å². The third kappa shape index (κ3) is 3.57. The minimum absolute atomic E-state index is 0.128. The lowest BCUT2D eigenvalue weighted by molar-refractivity contribution is -0.139. The van der Waals surface area contributed by atoms with Gasteiger partial charge in [0.25, 0.3) is 0 Å². The summed E-state index contributed by atoms with van der Waals surface area (Å²) in [5, 5.41) is 2.32. The fourth-order valence-corrected chi connectivity index (χ4v) is 1.15. The van der Waals surface area contributed by atoms with Gasteiger partial charge in [0.2, 0.25) is 6.41 Å². The molecule has 16 heavy (non-hydrogen) atoms. The van der Waals surface area contributed by atoms with Crippen LogP contribution in [0, 0.1) is 0 Å². The first-order valence-electron chi connectivity index (χ1n) is 4.92. The Hall–Kier alpha value is -2.10. The molecule has 0 bridgehead atoms. The molecule has 0 aliphatic heterocycles. The highest BCUT2D eigenvalue weighted by Crippen LogP contribution is 2.05. The van der Waals surface area contributed by atoms with Gasteiger partial charge in [-0.2, -0.15) is 0 Å². The molecule has 4 heteroatoms. The van der Waals surface area contributed by atoms with Gasteiger partial charge in [-0.05, 0) is 18.6 Å². The predicted molar refractivity (Wildman–Crippen MR) is 60.3 cm³/mol. The average Bonchev–Trinajstić information content (AvgIpc) is 2.30. The van der Waals surface area contributed by atoms with Crippen LogP contribution in [0.1, 0.15) is 12.5 Å². The van der Waals surface area contributed by atoms with E-state index in [1.165, 1.54) is 0 Å². The van der Waals surface area contributed by atoms with Crippen LogP contribution in [0.15, 0.2) is 36.0 Å². The lowest BCUT2D eigenvalue weighted by atomic mass is 10.2. The van der Waals surface area contributed by atoms with Crippen LogP contribution in [-0.2, 0) is 14.3 Å². The van der Waals surface area contributed by atoms with E-state index in [-0.39, 0.29) is 12.3 Å². The molecule has 1 aromatic carbocycles. The van der Waals surface area contributed by atoms with Crippen molar-refractivity contribution in [1.29, 1.82) is 0 Å². The summed E-state index contributed by atoms with van der Waals surface area (Å²) in [4.78, 5) is 21.8. The van der Waals surface area contributed by atoms with Gasteiger partial charge in [0, 0.05) is 0 Å². The number of benzene rings is 1. The van der Waals surface area contributed by atoms with Crippen LogP contribution in [0.25, 0.3) is 6.08 Å². The van der Waals surface area contributed by atoms with Crippen molar-refractivity contribution in [2.75, 3.05) is 6.61 Å². The van der Waals surface area contributed by atoms with Crippen LogP contribution in [0.5, 0.6) is 0 Å². The van der Waals surface area contributed by atoms with E-state index < -0.39 is 5.97 Å². The summed E-state index contributed by atoms with van der Waals surface area (Å²) in [6, 6.07) is 9.21. The van der Waals surface area contributed by atoms with Crippen molar-refractivity contribution in [3.8, 4) is 0 Å². The van der Waals surface area contributed by atoms with Crippen molar-refractivity contribution < 1.29 is 14.3 Å². The fourth-order valence-electron chi connectivity index (χ4n) is 1.15. The molecule has 1 aromatic rings. The van der Waals surface area contributed by atoms with Gasteiger partial charge in [-0.25, -0.2) is 4.79 Å². The van der Waals surface area contributed by atoms with Gasteiger partial charge in [0.1, 0.15) is 5.70 Å². The largest absolute Gasteiger partial charge is 0.461 e. The van der Waals surface area contributed by atoms with E-state index in [4.69, 9.17) is 4.74 Å². The third-order valence-corrected chi connectivity index (χ3v) is 1.82. The summed E-state index contributed by atoms with van der Waals surface area (Å²) < 4.78 is 4.80. The minimum atomic E-state index is -0.543. The van der Waals surface area contributed by atoms with E-state index in [0.29, 0.717) is 6.41 Å². The summed E-state index contributed by atoms with van der Waals surface area (Å²) in [7, 11) is 0.